The quantitative estimate of drug-likeness (QED) is 0.609. The Morgan fingerprint density at radius 1 is 1.06 bits per heavy atom. The smallest absolute Gasteiger partial charge is 0.234 e. The van der Waals surface area contributed by atoms with Gasteiger partial charge in [-0.15, -0.1) is 0 Å². The van der Waals surface area contributed by atoms with Gasteiger partial charge in [0.05, 0.1) is 6.04 Å². The average Bonchev–Trinajstić information content (AvgIpc) is 2.11. The number of nitrogens with one attached hydrogen (secondary N) is 2. The Balaban J connectivity index is 3.89. The SMILES string of the molecule is CC(C)(C)NCCCCC(NC(C)(C)C)C(N)=O. The third-order valence-corrected chi connectivity index (χ3v) is 2.53. The molecule has 0 saturated carbocycles. The van der Waals surface area contributed by atoms with E-state index in [0.29, 0.717) is 0 Å². The van der Waals surface area contributed by atoms with Crippen molar-refractivity contribution in [1.82, 2.24) is 10.6 Å². The van der Waals surface area contributed by atoms with Gasteiger partial charge in [-0.2, -0.15) is 0 Å². The summed E-state index contributed by atoms with van der Waals surface area (Å²) in [5.74, 6) is -0.256. The van der Waals surface area contributed by atoms with Crippen LogP contribution >= 0.6 is 0 Å². The molecule has 4 heteroatoms. The molecule has 0 aromatic heterocycles. The lowest BCUT2D eigenvalue weighted by molar-refractivity contribution is -0.120. The second-order valence-corrected chi connectivity index (χ2v) is 7.02. The molecule has 0 bridgehead atoms. The van der Waals surface area contributed by atoms with Crippen LogP contribution in [0, 0.1) is 0 Å². The van der Waals surface area contributed by atoms with Crippen molar-refractivity contribution < 1.29 is 4.79 Å². The van der Waals surface area contributed by atoms with Crippen molar-refractivity contribution in [2.45, 2.75) is 77.9 Å². The molecule has 0 aliphatic rings. The minimum atomic E-state index is -0.256. The Morgan fingerprint density at radius 2 is 1.61 bits per heavy atom. The van der Waals surface area contributed by atoms with Crippen molar-refractivity contribution in [2.75, 3.05) is 6.54 Å². The van der Waals surface area contributed by atoms with Gasteiger partial charge in [0.2, 0.25) is 5.91 Å². The summed E-state index contributed by atoms with van der Waals surface area (Å²) in [6.07, 6.45) is 2.87. The molecular formula is C14H31N3O. The fourth-order valence-electron chi connectivity index (χ4n) is 1.75. The molecule has 0 aromatic carbocycles. The first kappa shape index (κ1) is 17.4. The van der Waals surface area contributed by atoms with Gasteiger partial charge in [-0.1, -0.05) is 6.42 Å². The molecule has 0 heterocycles. The van der Waals surface area contributed by atoms with Gasteiger partial charge in [0.15, 0.2) is 0 Å². The number of hydrogen-bond donors (Lipinski definition) is 3. The number of amides is 1. The largest absolute Gasteiger partial charge is 0.368 e. The molecule has 0 saturated heterocycles. The molecule has 0 radical (unpaired) electrons. The maximum absolute atomic E-state index is 11.3. The highest BCUT2D eigenvalue weighted by molar-refractivity contribution is 5.79. The standard InChI is InChI=1S/C14H31N3O/c1-13(2,3)16-10-8-7-9-11(12(15)18)17-14(4,5)6/h11,16-17H,7-10H2,1-6H3,(H2,15,18). The molecule has 0 rings (SSSR count). The second kappa shape index (κ2) is 7.10. The van der Waals surface area contributed by atoms with Crippen molar-refractivity contribution in [3.8, 4) is 0 Å². The number of rotatable bonds is 7. The molecule has 1 unspecified atom stereocenters. The predicted octanol–water partition coefficient (Wildman–Crippen LogP) is 1.79. The molecule has 4 N–H and O–H groups in total. The number of nitrogens with two attached hydrogens (primary N) is 1. The highest BCUT2D eigenvalue weighted by Gasteiger charge is 2.21. The van der Waals surface area contributed by atoms with Gasteiger partial charge in [0, 0.05) is 11.1 Å². The molecule has 0 aliphatic carbocycles. The van der Waals surface area contributed by atoms with Crippen molar-refractivity contribution in [2.24, 2.45) is 5.73 Å². The minimum Gasteiger partial charge on any atom is -0.368 e. The summed E-state index contributed by atoms with van der Waals surface area (Å²) in [6, 6.07) is -0.223. The summed E-state index contributed by atoms with van der Waals surface area (Å²) in [7, 11) is 0. The summed E-state index contributed by atoms with van der Waals surface area (Å²) < 4.78 is 0. The molecule has 4 nitrogen and oxygen atoms in total. The van der Waals surface area contributed by atoms with E-state index in [4.69, 9.17) is 5.73 Å². The molecule has 18 heavy (non-hydrogen) atoms. The first-order valence-electron chi connectivity index (χ1n) is 6.83. The van der Waals surface area contributed by atoms with Crippen LogP contribution in [0.3, 0.4) is 0 Å². The average molecular weight is 257 g/mol. The van der Waals surface area contributed by atoms with Gasteiger partial charge in [0.1, 0.15) is 0 Å². The molecule has 0 fully saturated rings. The summed E-state index contributed by atoms with van der Waals surface area (Å²) in [4.78, 5) is 11.3. The van der Waals surface area contributed by atoms with E-state index in [1.807, 2.05) is 20.8 Å². The van der Waals surface area contributed by atoms with Crippen molar-refractivity contribution in [1.29, 1.82) is 0 Å². The highest BCUT2D eigenvalue weighted by atomic mass is 16.1. The van der Waals surface area contributed by atoms with Gasteiger partial charge in [-0.25, -0.2) is 0 Å². The summed E-state index contributed by atoms with van der Waals surface area (Å²) in [6.45, 7) is 13.6. The fraction of sp³-hybridized carbons (Fsp3) is 0.929. The van der Waals surface area contributed by atoms with E-state index in [1.165, 1.54) is 0 Å². The number of hydrogen-bond acceptors (Lipinski definition) is 3. The minimum absolute atomic E-state index is 0.0800. The van der Waals surface area contributed by atoms with Crippen LogP contribution in [0.2, 0.25) is 0 Å². The van der Waals surface area contributed by atoms with Crippen molar-refractivity contribution >= 4 is 5.91 Å². The third kappa shape index (κ3) is 10.5. The Morgan fingerprint density at radius 3 is 2.00 bits per heavy atom. The predicted molar refractivity (Wildman–Crippen MR) is 77.5 cm³/mol. The topological polar surface area (TPSA) is 67.2 Å². The molecule has 0 aromatic rings. The highest BCUT2D eigenvalue weighted by Crippen LogP contribution is 2.07. The number of primary amides is 1. The summed E-state index contributed by atoms with van der Waals surface area (Å²) in [5.41, 5.74) is 5.49. The van der Waals surface area contributed by atoms with Gasteiger partial charge in [-0.3, -0.25) is 4.79 Å². The maximum atomic E-state index is 11.3. The van der Waals surface area contributed by atoms with Crippen LogP contribution in [0.1, 0.15) is 60.8 Å². The number of unbranched alkanes of at least 4 members (excludes halogenated alkanes) is 1. The van der Waals surface area contributed by atoms with Gasteiger partial charge in [0.25, 0.3) is 0 Å². The van der Waals surface area contributed by atoms with Crippen LogP contribution in [0.4, 0.5) is 0 Å². The molecule has 0 aliphatic heterocycles. The monoisotopic (exact) mass is 257 g/mol. The zero-order valence-corrected chi connectivity index (χ0v) is 12.9. The van der Waals surface area contributed by atoms with Gasteiger partial charge < -0.3 is 16.4 Å². The van der Waals surface area contributed by atoms with Crippen molar-refractivity contribution in [3.63, 3.8) is 0 Å². The molecule has 0 spiro atoms. The normalized spacial score (nSPS) is 14.6. The number of carbonyl (C=O) groups is 1. The zero-order chi connectivity index (χ0) is 14.4. The Hall–Kier alpha value is -0.610. The molecular weight excluding hydrogens is 226 g/mol. The van der Waals surface area contributed by atoms with Crippen LogP contribution in [-0.2, 0) is 4.79 Å². The van der Waals surface area contributed by atoms with E-state index >= 15 is 0 Å². The molecule has 108 valence electrons. The van der Waals surface area contributed by atoms with Crippen LogP contribution in [0.5, 0.6) is 0 Å². The van der Waals surface area contributed by atoms with Crippen LogP contribution in [0.25, 0.3) is 0 Å². The molecule has 1 atom stereocenters. The van der Waals surface area contributed by atoms with Crippen molar-refractivity contribution in [3.05, 3.63) is 0 Å². The lowest BCUT2D eigenvalue weighted by Crippen LogP contribution is -2.50. The second-order valence-electron chi connectivity index (χ2n) is 7.02. The maximum Gasteiger partial charge on any atom is 0.234 e. The lowest BCUT2D eigenvalue weighted by Gasteiger charge is -2.27. The first-order chi connectivity index (χ1) is 8.01. The van der Waals surface area contributed by atoms with E-state index in [2.05, 4.69) is 31.4 Å². The Kier molecular flexibility index (Phi) is 6.86. The summed E-state index contributed by atoms with van der Waals surface area (Å²) >= 11 is 0. The summed E-state index contributed by atoms with van der Waals surface area (Å²) in [5, 5.41) is 6.70. The lowest BCUT2D eigenvalue weighted by atomic mass is 10.0. The van der Waals surface area contributed by atoms with Gasteiger partial charge >= 0.3 is 0 Å². The number of carbonyl (C=O) groups excluding carboxylic acids is 1. The van der Waals surface area contributed by atoms with E-state index < -0.39 is 0 Å². The Bertz CT molecular complexity index is 251. The van der Waals surface area contributed by atoms with Crippen LogP contribution in [-0.4, -0.2) is 29.6 Å². The van der Waals surface area contributed by atoms with E-state index in [0.717, 1.165) is 25.8 Å². The van der Waals surface area contributed by atoms with E-state index in [1.54, 1.807) is 0 Å². The van der Waals surface area contributed by atoms with Crippen LogP contribution < -0.4 is 16.4 Å². The van der Waals surface area contributed by atoms with E-state index in [-0.39, 0.29) is 23.0 Å². The Labute approximate surface area is 112 Å². The fourth-order valence-corrected chi connectivity index (χ4v) is 1.75. The zero-order valence-electron chi connectivity index (χ0n) is 12.9. The van der Waals surface area contributed by atoms with Crippen LogP contribution in [0.15, 0.2) is 0 Å². The van der Waals surface area contributed by atoms with E-state index in [9.17, 15) is 4.79 Å². The molecule has 1 amide bonds. The first-order valence-corrected chi connectivity index (χ1v) is 6.83. The third-order valence-electron chi connectivity index (χ3n) is 2.53. The van der Waals surface area contributed by atoms with Gasteiger partial charge in [-0.05, 0) is 60.9 Å².